The summed E-state index contributed by atoms with van der Waals surface area (Å²) in [6, 6.07) is 16.1. The SMILES string of the molecule is O=CN1CCN(C(=O)C(=O)Nc2ccccc2Oc2ccccc2)CC1. The van der Waals surface area contributed by atoms with Crippen molar-refractivity contribution in [1.82, 2.24) is 9.80 Å². The van der Waals surface area contributed by atoms with E-state index in [-0.39, 0.29) is 0 Å². The van der Waals surface area contributed by atoms with Crippen LogP contribution in [0.4, 0.5) is 5.69 Å². The van der Waals surface area contributed by atoms with E-state index in [1.807, 2.05) is 18.2 Å². The first-order valence-corrected chi connectivity index (χ1v) is 8.29. The maximum absolute atomic E-state index is 12.3. The van der Waals surface area contributed by atoms with Crippen LogP contribution in [0.2, 0.25) is 0 Å². The van der Waals surface area contributed by atoms with E-state index in [0.717, 1.165) is 6.41 Å². The predicted molar refractivity (Wildman–Crippen MR) is 95.8 cm³/mol. The Kier molecular flexibility index (Phi) is 5.48. The lowest BCUT2D eigenvalue weighted by Gasteiger charge is -2.32. The van der Waals surface area contributed by atoms with Crippen LogP contribution in [-0.2, 0) is 14.4 Å². The molecule has 0 unspecified atom stereocenters. The van der Waals surface area contributed by atoms with E-state index in [1.54, 1.807) is 41.3 Å². The van der Waals surface area contributed by atoms with Crippen LogP contribution in [-0.4, -0.2) is 54.2 Å². The Morgan fingerprint density at radius 3 is 2.27 bits per heavy atom. The molecule has 1 saturated heterocycles. The van der Waals surface area contributed by atoms with Gasteiger partial charge in [0.15, 0.2) is 5.75 Å². The molecular weight excluding hydrogens is 334 g/mol. The minimum absolute atomic E-state index is 0.340. The lowest BCUT2D eigenvalue weighted by atomic mass is 10.2. The van der Waals surface area contributed by atoms with Gasteiger partial charge < -0.3 is 19.9 Å². The molecule has 0 aliphatic carbocycles. The Morgan fingerprint density at radius 1 is 0.923 bits per heavy atom. The van der Waals surface area contributed by atoms with E-state index < -0.39 is 11.8 Å². The number of hydrogen-bond donors (Lipinski definition) is 1. The maximum Gasteiger partial charge on any atom is 0.314 e. The Hall–Kier alpha value is -3.35. The molecule has 3 rings (SSSR count). The number of carbonyl (C=O) groups is 3. The summed E-state index contributed by atoms with van der Waals surface area (Å²) in [6.07, 6.45) is 0.749. The van der Waals surface area contributed by atoms with Gasteiger partial charge in [-0.15, -0.1) is 0 Å². The molecule has 0 aromatic heterocycles. The largest absolute Gasteiger partial charge is 0.455 e. The highest BCUT2D eigenvalue weighted by Crippen LogP contribution is 2.29. The topological polar surface area (TPSA) is 79.0 Å². The second-order valence-electron chi connectivity index (χ2n) is 5.80. The number of amides is 3. The lowest BCUT2D eigenvalue weighted by molar-refractivity contribution is -0.144. The van der Waals surface area contributed by atoms with Gasteiger partial charge in [0, 0.05) is 26.2 Å². The number of nitrogens with zero attached hydrogens (tertiary/aromatic N) is 2. The molecule has 7 heteroatoms. The van der Waals surface area contributed by atoms with Crippen molar-refractivity contribution in [1.29, 1.82) is 0 Å². The number of benzene rings is 2. The molecule has 7 nitrogen and oxygen atoms in total. The normalized spacial score (nSPS) is 13.8. The van der Waals surface area contributed by atoms with Crippen molar-refractivity contribution >= 4 is 23.9 Å². The Morgan fingerprint density at radius 2 is 1.58 bits per heavy atom. The lowest BCUT2D eigenvalue weighted by Crippen LogP contribution is -2.51. The van der Waals surface area contributed by atoms with E-state index in [2.05, 4.69) is 5.32 Å². The summed E-state index contributed by atoms with van der Waals surface area (Å²) in [6.45, 7) is 1.53. The van der Waals surface area contributed by atoms with Crippen molar-refractivity contribution in [2.45, 2.75) is 0 Å². The number of piperazine rings is 1. The van der Waals surface area contributed by atoms with Crippen molar-refractivity contribution < 1.29 is 19.1 Å². The van der Waals surface area contributed by atoms with E-state index >= 15 is 0 Å². The van der Waals surface area contributed by atoms with Gasteiger partial charge >= 0.3 is 11.8 Å². The molecular formula is C19H19N3O4. The zero-order valence-electron chi connectivity index (χ0n) is 14.1. The first kappa shape index (κ1) is 17.5. The molecule has 2 aromatic rings. The van der Waals surface area contributed by atoms with E-state index in [4.69, 9.17) is 4.74 Å². The minimum atomic E-state index is -0.728. The third-order valence-corrected chi connectivity index (χ3v) is 4.05. The summed E-state index contributed by atoms with van der Waals surface area (Å²) in [5.41, 5.74) is 0.418. The smallest absolute Gasteiger partial charge is 0.314 e. The second kappa shape index (κ2) is 8.15. The number of anilines is 1. The Balaban J connectivity index is 1.66. The van der Waals surface area contributed by atoms with Gasteiger partial charge in [-0.3, -0.25) is 14.4 Å². The fourth-order valence-corrected chi connectivity index (χ4v) is 2.62. The number of carbonyl (C=O) groups excluding carboxylic acids is 3. The van der Waals surface area contributed by atoms with Crippen molar-refractivity contribution in [2.75, 3.05) is 31.5 Å². The van der Waals surface area contributed by atoms with E-state index in [0.29, 0.717) is 43.4 Å². The number of ether oxygens (including phenoxy) is 1. The monoisotopic (exact) mass is 353 g/mol. The molecule has 134 valence electrons. The molecule has 2 aromatic carbocycles. The molecule has 0 atom stereocenters. The fraction of sp³-hybridized carbons (Fsp3) is 0.211. The summed E-state index contributed by atoms with van der Waals surface area (Å²) in [4.78, 5) is 38.4. The number of nitrogens with one attached hydrogen (secondary N) is 1. The second-order valence-corrected chi connectivity index (χ2v) is 5.80. The zero-order valence-corrected chi connectivity index (χ0v) is 14.1. The average molecular weight is 353 g/mol. The summed E-state index contributed by atoms with van der Waals surface area (Å²) in [5, 5.41) is 2.61. The summed E-state index contributed by atoms with van der Waals surface area (Å²) in [5.74, 6) is -0.269. The molecule has 1 N–H and O–H groups in total. The van der Waals surface area contributed by atoms with E-state index in [9.17, 15) is 14.4 Å². The van der Waals surface area contributed by atoms with E-state index in [1.165, 1.54) is 4.90 Å². The van der Waals surface area contributed by atoms with Gasteiger partial charge in [-0.1, -0.05) is 30.3 Å². The van der Waals surface area contributed by atoms with Crippen LogP contribution in [0.1, 0.15) is 0 Å². The van der Waals surface area contributed by atoms with Gasteiger partial charge in [-0.2, -0.15) is 0 Å². The van der Waals surface area contributed by atoms with Crippen molar-refractivity contribution in [3.63, 3.8) is 0 Å². The first-order valence-electron chi connectivity index (χ1n) is 8.29. The quantitative estimate of drug-likeness (QED) is 0.670. The van der Waals surface area contributed by atoms with Crippen LogP contribution in [0.25, 0.3) is 0 Å². The highest BCUT2D eigenvalue weighted by atomic mass is 16.5. The molecule has 1 heterocycles. The Bertz CT molecular complexity index is 786. The Labute approximate surface area is 151 Å². The van der Waals surface area contributed by atoms with Gasteiger partial charge in [-0.05, 0) is 24.3 Å². The van der Waals surface area contributed by atoms with Crippen molar-refractivity contribution in [3.8, 4) is 11.5 Å². The highest BCUT2D eigenvalue weighted by molar-refractivity contribution is 6.39. The predicted octanol–water partition coefficient (Wildman–Crippen LogP) is 1.72. The van der Waals surface area contributed by atoms with Crippen LogP contribution in [0.5, 0.6) is 11.5 Å². The number of hydrogen-bond acceptors (Lipinski definition) is 4. The maximum atomic E-state index is 12.3. The molecule has 0 bridgehead atoms. The summed E-state index contributed by atoms with van der Waals surface area (Å²) < 4.78 is 5.78. The number of rotatable bonds is 4. The van der Waals surface area contributed by atoms with Gasteiger partial charge in [0.1, 0.15) is 5.75 Å². The summed E-state index contributed by atoms with van der Waals surface area (Å²) in [7, 11) is 0. The number of para-hydroxylation sites is 3. The van der Waals surface area contributed by atoms with Crippen LogP contribution < -0.4 is 10.1 Å². The highest BCUT2D eigenvalue weighted by Gasteiger charge is 2.26. The standard InChI is InChI=1S/C19H19N3O4/c23-14-21-10-12-22(13-11-21)19(25)18(24)20-16-8-4-5-9-17(16)26-15-6-2-1-3-7-15/h1-9,14H,10-13H2,(H,20,24). The van der Waals surface area contributed by atoms with Gasteiger partial charge in [0.25, 0.3) is 0 Å². The first-order chi connectivity index (χ1) is 12.7. The van der Waals surface area contributed by atoms with Gasteiger partial charge in [-0.25, -0.2) is 0 Å². The van der Waals surface area contributed by atoms with Crippen LogP contribution in [0.3, 0.4) is 0 Å². The molecule has 1 fully saturated rings. The van der Waals surface area contributed by atoms with Crippen LogP contribution in [0.15, 0.2) is 54.6 Å². The average Bonchev–Trinajstić information content (AvgIpc) is 2.69. The van der Waals surface area contributed by atoms with Gasteiger partial charge in [0.2, 0.25) is 6.41 Å². The van der Waals surface area contributed by atoms with Crippen molar-refractivity contribution in [3.05, 3.63) is 54.6 Å². The molecule has 1 aliphatic heterocycles. The van der Waals surface area contributed by atoms with Crippen LogP contribution in [0, 0.1) is 0 Å². The molecule has 1 aliphatic rings. The minimum Gasteiger partial charge on any atom is -0.455 e. The zero-order chi connectivity index (χ0) is 18.4. The molecule has 3 amide bonds. The molecule has 0 saturated carbocycles. The molecule has 0 spiro atoms. The third kappa shape index (κ3) is 4.18. The molecule has 26 heavy (non-hydrogen) atoms. The summed E-state index contributed by atoms with van der Waals surface area (Å²) >= 11 is 0. The fourth-order valence-electron chi connectivity index (χ4n) is 2.62. The van der Waals surface area contributed by atoms with Gasteiger partial charge in [0.05, 0.1) is 5.69 Å². The van der Waals surface area contributed by atoms with Crippen molar-refractivity contribution in [2.24, 2.45) is 0 Å². The molecule has 0 radical (unpaired) electrons. The van der Waals surface area contributed by atoms with Crippen LogP contribution >= 0.6 is 0 Å². The third-order valence-electron chi connectivity index (χ3n) is 4.05.